The van der Waals surface area contributed by atoms with Crippen LogP contribution in [0.2, 0.25) is 5.02 Å². The summed E-state index contributed by atoms with van der Waals surface area (Å²) in [5, 5.41) is 14.1. The minimum atomic E-state index is 0.0279. The molecule has 1 aromatic carbocycles. The summed E-state index contributed by atoms with van der Waals surface area (Å²) in [5.74, 6) is 0.0279. The highest BCUT2D eigenvalue weighted by Crippen LogP contribution is 2.25. The second-order valence-corrected chi connectivity index (χ2v) is 5.28. The molecule has 2 aromatic rings. The van der Waals surface area contributed by atoms with Gasteiger partial charge in [-0.1, -0.05) is 23.7 Å². The van der Waals surface area contributed by atoms with Gasteiger partial charge in [0.1, 0.15) is 6.07 Å². The minimum absolute atomic E-state index is 0.0279. The molecule has 0 aliphatic heterocycles. The maximum atomic E-state index is 12.0. The van der Waals surface area contributed by atoms with Crippen LogP contribution in [-0.2, 0) is 13.0 Å². The Hall–Kier alpha value is -2.12. The molecular weight excluding hydrogens is 274 g/mol. The zero-order valence-corrected chi connectivity index (χ0v) is 11.5. The van der Waals surface area contributed by atoms with E-state index in [-0.39, 0.29) is 11.5 Å². The van der Waals surface area contributed by atoms with Gasteiger partial charge in [-0.2, -0.15) is 10.4 Å². The van der Waals surface area contributed by atoms with Crippen molar-refractivity contribution in [2.75, 3.05) is 0 Å². The second kappa shape index (κ2) is 5.10. The zero-order valence-electron chi connectivity index (χ0n) is 10.8. The molecule has 0 N–H and O–H groups in total. The van der Waals surface area contributed by atoms with Crippen molar-refractivity contribution >= 4 is 17.4 Å². The number of nitrogens with zero attached hydrogens (tertiary/aromatic N) is 3. The molecule has 0 radical (unpaired) electrons. The molecule has 0 amide bonds. The van der Waals surface area contributed by atoms with Crippen molar-refractivity contribution in [3.05, 3.63) is 51.8 Å². The fourth-order valence-corrected chi connectivity index (χ4v) is 2.82. The van der Waals surface area contributed by atoms with Crippen molar-refractivity contribution in [1.82, 2.24) is 9.78 Å². The average molecular weight is 286 g/mol. The van der Waals surface area contributed by atoms with E-state index in [4.69, 9.17) is 16.9 Å². The van der Waals surface area contributed by atoms with E-state index in [0.717, 1.165) is 24.1 Å². The Labute approximate surface area is 121 Å². The Morgan fingerprint density at radius 1 is 1.40 bits per heavy atom. The van der Waals surface area contributed by atoms with E-state index < -0.39 is 0 Å². The van der Waals surface area contributed by atoms with Gasteiger partial charge in [-0.3, -0.25) is 9.48 Å². The Balaban J connectivity index is 2.03. The number of aromatic nitrogens is 2. The highest BCUT2D eigenvalue weighted by atomic mass is 35.5. The number of hydrogen-bond donors (Lipinski definition) is 0. The van der Waals surface area contributed by atoms with Crippen molar-refractivity contribution in [2.45, 2.75) is 25.8 Å². The topological polar surface area (TPSA) is 58.7 Å². The van der Waals surface area contributed by atoms with Crippen LogP contribution in [0.4, 0.5) is 0 Å². The molecule has 0 bridgehead atoms. The summed E-state index contributed by atoms with van der Waals surface area (Å²) in [4.78, 5) is 12.0. The van der Waals surface area contributed by atoms with Crippen molar-refractivity contribution in [3.63, 3.8) is 0 Å². The molecule has 1 aromatic heterocycles. The number of benzene rings is 1. The summed E-state index contributed by atoms with van der Waals surface area (Å²) in [7, 11) is 0. The van der Waals surface area contributed by atoms with Crippen LogP contribution < -0.4 is 0 Å². The molecule has 3 rings (SSSR count). The molecule has 0 saturated heterocycles. The van der Waals surface area contributed by atoms with E-state index in [2.05, 4.69) is 5.10 Å². The quantitative estimate of drug-likeness (QED) is 0.852. The van der Waals surface area contributed by atoms with Crippen LogP contribution >= 0.6 is 11.6 Å². The Morgan fingerprint density at radius 3 is 3.00 bits per heavy atom. The maximum Gasteiger partial charge on any atom is 0.173 e. The smallest absolute Gasteiger partial charge is 0.173 e. The molecule has 20 heavy (non-hydrogen) atoms. The van der Waals surface area contributed by atoms with Crippen LogP contribution in [0.1, 0.15) is 40.2 Å². The highest BCUT2D eigenvalue weighted by Gasteiger charge is 2.26. The average Bonchev–Trinajstić information content (AvgIpc) is 2.78. The van der Waals surface area contributed by atoms with Crippen molar-refractivity contribution < 1.29 is 4.79 Å². The molecule has 4 nitrogen and oxygen atoms in total. The van der Waals surface area contributed by atoms with Gasteiger partial charge in [0.25, 0.3) is 0 Å². The first-order chi connectivity index (χ1) is 9.69. The lowest BCUT2D eigenvalue weighted by Gasteiger charge is -2.13. The molecule has 5 heteroatoms. The summed E-state index contributed by atoms with van der Waals surface area (Å²) in [6, 6.07) is 9.54. The van der Waals surface area contributed by atoms with E-state index in [1.54, 1.807) is 4.68 Å². The molecule has 0 spiro atoms. The summed E-state index contributed by atoms with van der Waals surface area (Å²) in [6.07, 6.45) is 2.11. The van der Waals surface area contributed by atoms with E-state index in [9.17, 15) is 4.79 Å². The summed E-state index contributed by atoms with van der Waals surface area (Å²) >= 11 is 5.97. The monoisotopic (exact) mass is 285 g/mol. The van der Waals surface area contributed by atoms with Gasteiger partial charge in [-0.25, -0.2) is 0 Å². The lowest BCUT2D eigenvalue weighted by Crippen LogP contribution is -2.14. The van der Waals surface area contributed by atoms with Gasteiger partial charge in [0.2, 0.25) is 0 Å². The van der Waals surface area contributed by atoms with E-state index in [1.807, 2.05) is 30.3 Å². The third-order valence-electron chi connectivity index (χ3n) is 3.48. The van der Waals surface area contributed by atoms with Crippen LogP contribution in [0.15, 0.2) is 24.3 Å². The summed E-state index contributed by atoms with van der Waals surface area (Å²) < 4.78 is 1.76. The number of nitriles is 1. The number of carbonyl (C=O) groups is 1. The Bertz CT molecular complexity index is 727. The second-order valence-electron chi connectivity index (χ2n) is 4.85. The molecule has 1 aliphatic carbocycles. The SMILES string of the molecule is N#Cc1nn(Cc2cccc(Cl)c2)c2c1C(=O)CCC2. The molecule has 0 unspecified atom stereocenters. The number of fused-ring (bicyclic) bond motifs is 1. The van der Waals surface area contributed by atoms with Crippen LogP contribution in [0, 0.1) is 11.3 Å². The molecule has 1 heterocycles. The molecule has 0 saturated carbocycles. The third-order valence-corrected chi connectivity index (χ3v) is 3.72. The molecular formula is C15H12ClN3O. The summed E-state index contributed by atoms with van der Waals surface area (Å²) in [6.45, 7) is 0.526. The van der Waals surface area contributed by atoms with Crippen LogP contribution in [-0.4, -0.2) is 15.6 Å². The van der Waals surface area contributed by atoms with Crippen LogP contribution in [0.3, 0.4) is 0 Å². The standard InChI is InChI=1S/C15H12ClN3O/c16-11-4-1-3-10(7-11)9-19-13-5-2-6-14(20)15(13)12(8-17)18-19/h1,3-4,7H,2,5-6,9H2. The summed E-state index contributed by atoms with van der Waals surface area (Å²) in [5.41, 5.74) is 2.63. The predicted octanol–water partition coefficient (Wildman–Crippen LogP) is 2.98. The lowest BCUT2D eigenvalue weighted by atomic mass is 9.94. The Morgan fingerprint density at radius 2 is 2.25 bits per heavy atom. The van der Waals surface area contributed by atoms with E-state index >= 15 is 0 Å². The van der Waals surface area contributed by atoms with Crippen molar-refractivity contribution in [2.24, 2.45) is 0 Å². The fraction of sp³-hybridized carbons (Fsp3) is 0.267. The molecule has 1 aliphatic rings. The lowest BCUT2D eigenvalue weighted by molar-refractivity contribution is 0.0971. The van der Waals surface area contributed by atoms with Crippen LogP contribution in [0.25, 0.3) is 0 Å². The van der Waals surface area contributed by atoms with Gasteiger partial charge in [0.05, 0.1) is 17.8 Å². The van der Waals surface area contributed by atoms with Gasteiger partial charge >= 0.3 is 0 Å². The van der Waals surface area contributed by atoms with E-state index in [1.165, 1.54) is 0 Å². The molecule has 100 valence electrons. The maximum absolute atomic E-state index is 12.0. The number of carbonyl (C=O) groups excluding carboxylic acids is 1. The number of hydrogen-bond acceptors (Lipinski definition) is 3. The number of halogens is 1. The predicted molar refractivity (Wildman–Crippen MR) is 74.8 cm³/mol. The van der Waals surface area contributed by atoms with Gasteiger partial charge in [-0.15, -0.1) is 0 Å². The van der Waals surface area contributed by atoms with Crippen molar-refractivity contribution in [3.8, 4) is 6.07 Å². The third kappa shape index (κ3) is 2.21. The highest BCUT2D eigenvalue weighted by molar-refractivity contribution is 6.30. The first-order valence-corrected chi connectivity index (χ1v) is 6.84. The molecule has 0 fully saturated rings. The number of ketones is 1. The van der Waals surface area contributed by atoms with Gasteiger partial charge in [0, 0.05) is 11.4 Å². The normalized spacial score (nSPS) is 13.9. The van der Waals surface area contributed by atoms with Gasteiger partial charge in [-0.05, 0) is 30.5 Å². The fourth-order valence-electron chi connectivity index (χ4n) is 2.60. The largest absolute Gasteiger partial charge is 0.294 e. The minimum Gasteiger partial charge on any atom is -0.294 e. The Kier molecular flexibility index (Phi) is 3.29. The van der Waals surface area contributed by atoms with Crippen LogP contribution in [0.5, 0.6) is 0 Å². The van der Waals surface area contributed by atoms with Gasteiger partial charge < -0.3 is 0 Å². The first-order valence-electron chi connectivity index (χ1n) is 6.46. The molecule has 0 atom stereocenters. The number of Topliss-reactive ketones (excluding diaryl/α,β-unsaturated/α-hetero) is 1. The van der Waals surface area contributed by atoms with Crippen molar-refractivity contribution in [1.29, 1.82) is 5.26 Å². The zero-order chi connectivity index (χ0) is 14.1. The van der Waals surface area contributed by atoms with Gasteiger partial charge in [0.15, 0.2) is 11.5 Å². The number of rotatable bonds is 2. The first kappa shape index (κ1) is 12.9. The van der Waals surface area contributed by atoms with E-state index in [0.29, 0.717) is 23.6 Å².